The fraction of sp³-hybridized carbons (Fsp3) is 0.400. The SMILES string of the molecule is CN(C)c1cc(C2CCC(=CC#N)C2)nc2ccnn12. The van der Waals surface area contributed by atoms with Crippen LogP contribution in [0, 0.1) is 11.3 Å². The lowest BCUT2D eigenvalue weighted by Gasteiger charge is -2.17. The minimum Gasteiger partial charge on any atom is -0.363 e. The van der Waals surface area contributed by atoms with Crippen molar-refractivity contribution < 1.29 is 0 Å². The van der Waals surface area contributed by atoms with Gasteiger partial charge in [0.15, 0.2) is 5.65 Å². The van der Waals surface area contributed by atoms with Crippen molar-refractivity contribution in [1.82, 2.24) is 14.6 Å². The summed E-state index contributed by atoms with van der Waals surface area (Å²) in [6.07, 6.45) is 6.47. The summed E-state index contributed by atoms with van der Waals surface area (Å²) in [5.74, 6) is 1.45. The third kappa shape index (κ3) is 2.14. The molecule has 102 valence electrons. The Balaban J connectivity index is 2.01. The normalized spacial score (nSPS) is 20.4. The second kappa shape index (κ2) is 4.97. The van der Waals surface area contributed by atoms with Gasteiger partial charge in [-0.15, -0.1) is 0 Å². The molecule has 2 aromatic rings. The van der Waals surface area contributed by atoms with Gasteiger partial charge in [0.2, 0.25) is 0 Å². The van der Waals surface area contributed by atoms with E-state index in [9.17, 15) is 0 Å². The molecule has 1 atom stereocenters. The Hall–Kier alpha value is -2.35. The number of aromatic nitrogens is 3. The molecule has 3 rings (SSSR count). The first-order valence-corrected chi connectivity index (χ1v) is 6.78. The number of nitrogens with zero attached hydrogens (tertiary/aromatic N) is 5. The van der Waals surface area contributed by atoms with E-state index in [-0.39, 0.29) is 0 Å². The lowest BCUT2D eigenvalue weighted by molar-refractivity contribution is 0.700. The molecule has 1 saturated carbocycles. The van der Waals surface area contributed by atoms with Crippen molar-refractivity contribution in [1.29, 1.82) is 5.26 Å². The first-order valence-electron chi connectivity index (χ1n) is 6.78. The van der Waals surface area contributed by atoms with Crippen molar-refractivity contribution in [2.24, 2.45) is 0 Å². The quantitative estimate of drug-likeness (QED) is 0.784. The molecular formula is C15H17N5. The highest BCUT2D eigenvalue weighted by atomic mass is 15.3. The molecule has 0 aliphatic heterocycles. The van der Waals surface area contributed by atoms with E-state index in [1.54, 1.807) is 12.3 Å². The van der Waals surface area contributed by atoms with Crippen LogP contribution in [0.5, 0.6) is 0 Å². The molecule has 1 aliphatic rings. The molecule has 0 aromatic carbocycles. The van der Waals surface area contributed by atoms with Gasteiger partial charge in [-0.05, 0) is 19.3 Å². The fourth-order valence-electron chi connectivity index (χ4n) is 2.80. The zero-order valence-electron chi connectivity index (χ0n) is 11.7. The van der Waals surface area contributed by atoms with Crippen molar-refractivity contribution in [2.75, 3.05) is 19.0 Å². The van der Waals surface area contributed by atoms with Gasteiger partial charge in [-0.1, -0.05) is 5.57 Å². The summed E-state index contributed by atoms with van der Waals surface area (Å²) in [5, 5.41) is 13.1. The highest BCUT2D eigenvalue weighted by Gasteiger charge is 2.23. The van der Waals surface area contributed by atoms with Gasteiger partial charge in [-0.2, -0.15) is 14.9 Å². The van der Waals surface area contributed by atoms with Gasteiger partial charge in [-0.25, -0.2) is 4.98 Å². The Morgan fingerprint density at radius 1 is 1.50 bits per heavy atom. The zero-order chi connectivity index (χ0) is 14.1. The summed E-state index contributed by atoms with van der Waals surface area (Å²) in [6, 6.07) is 6.17. The minimum atomic E-state index is 0.410. The van der Waals surface area contributed by atoms with Crippen LogP contribution in [-0.2, 0) is 0 Å². The lowest BCUT2D eigenvalue weighted by atomic mass is 10.0. The van der Waals surface area contributed by atoms with Crippen LogP contribution in [0.1, 0.15) is 30.9 Å². The Morgan fingerprint density at radius 3 is 3.10 bits per heavy atom. The van der Waals surface area contributed by atoms with Gasteiger partial charge in [0.25, 0.3) is 0 Å². The van der Waals surface area contributed by atoms with Gasteiger partial charge in [0.1, 0.15) is 5.82 Å². The molecule has 20 heavy (non-hydrogen) atoms. The molecule has 0 saturated heterocycles. The first kappa shape index (κ1) is 12.7. The van der Waals surface area contributed by atoms with Gasteiger partial charge in [0, 0.05) is 43.9 Å². The summed E-state index contributed by atoms with van der Waals surface area (Å²) < 4.78 is 1.85. The first-order chi connectivity index (χ1) is 9.69. The predicted molar refractivity (Wildman–Crippen MR) is 77.6 cm³/mol. The second-order valence-electron chi connectivity index (χ2n) is 5.41. The molecule has 1 fully saturated rings. The Morgan fingerprint density at radius 2 is 2.35 bits per heavy atom. The molecule has 0 radical (unpaired) electrons. The van der Waals surface area contributed by atoms with E-state index in [1.807, 2.05) is 29.6 Å². The number of hydrogen-bond donors (Lipinski definition) is 0. The van der Waals surface area contributed by atoms with Crippen molar-refractivity contribution in [2.45, 2.75) is 25.2 Å². The van der Waals surface area contributed by atoms with Crippen LogP contribution >= 0.6 is 0 Å². The molecule has 2 heterocycles. The van der Waals surface area contributed by atoms with E-state index in [2.05, 4.69) is 17.2 Å². The Bertz CT molecular complexity index is 705. The van der Waals surface area contributed by atoms with E-state index in [0.29, 0.717) is 5.92 Å². The second-order valence-corrected chi connectivity index (χ2v) is 5.41. The molecule has 0 spiro atoms. The maximum Gasteiger partial charge on any atom is 0.157 e. The van der Waals surface area contributed by atoms with Gasteiger partial charge >= 0.3 is 0 Å². The summed E-state index contributed by atoms with van der Waals surface area (Å²) in [6.45, 7) is 0. The van der Waals surface area contributed by atoms with Crippen LogP contribution in [0.3, 0.4) is 0 Å². The van der Waals surface area contributed by atoms with Crippen molar-refractivity contribution in [3.63, 3.8) is 0 Å². The number of fused-ring (bicyclic) bond motifs is 1. The van der Waals surface area contributed by atoms with Gasteiger partial charge in [-0.3, -0.25) is 0 Å². The van der Waals surface area contributed by atoms with Crippen molar-refractivity contribution in [3.8, 4) is 6.07 Å². The standard InChI is InChI=1S/C15H17N5/c1-19(2)15-10-13(18-14-6-8-17-20(14)15)12-4-3-11(9-12)5-7-16/h5-6,8,10,12H,3-4,9H2,1-2H3. The van der Waals surface area contributed by atoms with Crippen LogP contribution in [-0.4, -0.2) is 28.7 Å². The average molecular weight is 267 g/mol. The number of hydrogen-bond acceptors (Lipinski definition) is 4. The Labute approximate surface area is 118 Å². The maximum absolute atomic E-state index is 8.75. The van der Waals surface area contributed by atoms with E-state index < -0.39 is 0 Å². The summed E-state index contributed by atoms with van der Waals surface area (Å²) in [4.78, 5) is 6.77. The predicted octanol–water partition coefficient (Wildman–Crippen LogP) is 2.51. The average Bonchev–Trinajstić information content (AvgIpc) is 3.05. The minimum absolute atomic E-state index is 0.410. The molecule has 0 N–H and O–H groups in total. The number of nitriles is 1. The summed E-state index contributed by atoms with van der Waals surface area (Å²) in [5.41, 5.74) is 3.21. The molecule has 5 nitrogen and oxygen atoms in total. The Kier molecular flexibility index (Phi) is 3.15. The van der Waals surface area contributed by atoms with E-state index in [0.717, 1.165) is 36.4 Å². The van der Waals surface area contributed by atoms with Crippen LogP contribution in [0.2, 0.25) is 0 Å². The highest BCUT2D eigenvalue weighted by Crippen LogP contribution is 2.37. The van der Waals surface area contributed by atoms with Crippen molar-refractivity contribution in [3.05, 3.63) is 35.7 Å². The monoisotopic (exact) mass is 267 g/mol. The molecule has 5 heteroatoms. The molecule has 1 unspecified atom stereocenters. The van der Waals surface area contributed by atoms with E-state index in [4.69, 9.17) is 10.2 Å². The molecule has 2 aromatic heterocycles. The van der Waals surface area contributed by atoms with Crippen LogP contribution in [0.4, 0.5) is 5.82 Å². The molecular weight excluding hydrogens is 250 g/mol. The third-order valence-electron chi connectivity index (χ3n) is 3.83. The zero-order valence-corrected chi connectivity index (χ0v) is 11.7. The van der Waals surface area contributed by atoms with E-state index in [1.165, 1.54) is 5.57 Å². The van der Waals surface area contributed by atoms with Crippen LogP contribution in [0.25, 0.3) is 5.65 Å². The number of allylic oxidation sites excluding steroid dienone is 2. The number of anilines is 1. The van der Waals surface area contributed by atoms with Crippen LogP contribution < -0.4 is 4.90 Å². The van der Waals surface area contributed by atoms with Gasteiger partial charge in [0.05, 0.1) is 12.3 Å². The van der Waals surface area contributed by atoms with E-state index >= 15 is 0 Å². The van der Waals surface area contributed by atoms with Crippen LogP contribution in [0.15, 0.2) is 30.0 Å². The molecule has 0 amide bonds. The summed E-state index contributed by atoms with van der Waals surface area (Å²) >= 11 is 0. The fourth-order valence-corrected chi connectivity index (χ4v) is 2.80. The summed E-state index contributed by atoms with van der Waals surface area (Å²) in [7, 11) is 4.02. The molecule has 0 bridgehead atoms. The largest absolute Gasteiger partial charge is 0.363 e. The van der Waals surface area contributed by atoms with Gasteiger partial charge < -0.3 is 4.90 Å². The maximum atomic E-state index is 8.75. The topological polar surface area (TPSA) is 57.2 Å². The lowest BCUT2D eigenvalue weighted by Crippen LogP contribution is -2.15. The van der Waals surface area contributed by atoms with Crippen molar-refractivity contribution >= 4 is 11.5 Å². The highest BCUT2D eigenvalue weighted by molar-refractivity contribution is 5.50. The number of rotatable bonds is 2. The molecule has 1 aliphatic carbocycles. The smallest absolute Gasteiger partial charge is 0.157 e. The third-order valence-corrected chi connectivity index (χ3v) is 3.83.